The average Bonchev–Trinajstić information content (AvgIpc) is 3.44. The molecule has 1 aliphatic rings. The van der Waals surface area contributed by atoms with Gasteiger partial charge in [-0.25, -0.2) is 8.42 Å². The third kappa shape index (κ3) is 7.98. The van der Waals surface area contributed by atoms with Crippen LogP contribution in [0.3, 0.4) is 0 Å². The number of hydrogen-bond donors (Lipinski definition) is 3. The standard InChI is InChI=1S/C21H26ClN3O7S3/c1-34(29)10-9-32-21(28)17(12-23-20(27)18-5-6-19(22)33-18)24-35(30,31)16-4-2-3-14(11-16)25-8-7-15(26)13-25/h2-6,11,15,17,24,26H,7-10,12-13H2,1H3,(H,23,27)/t15-,17-,34-/m0/s1. The first-order chi connectivity index (χ1) is 16.5. The Labute approximate surface area is 215 Å². The zero-order chi connectivity index (χ0) is 25.6. The van der Waals surface area contributed by atoms with Crippen molar-refractivity contribution in [2.45, 2.75) is 23.5 Å². The molecule has 1 saturated heterocycles. The summed E-state index contributed by atoms with van der Waals surface area (Å²) in [6, 6.07) is 7.77. The summed E-state index contributed by atoms with van der Waals surface area (Å²) >= 11 is 6.89. The molecule has 1 aromatic heterocycles. The van der Waals surface area contributed by atoms with Crippen molar-refractivity contribution in [3.63, 3.8) is 0 Å². The van der Waals surface area contributed by atoms with Gasteiger partial charge in [-0.3, -0.25) is 13.8 Å². The molecule has 1 amide bonds. The van der Waals surface area contributed by atoms with Gasteiger partial charge in [-0.15, -0.1) is 11.3 Å². The molecule has 1 aliphatic heterocycles. The number of nitrogens with zero attached hydrogens (tertiary/aromatic N) is 1. The van der Waals surface area contributed by atoms with E-state index in [1.807, 2.05) is 4.90 Å². The van der Waals surface area contributed by atoms with Gasteiger partial charge in [-0.1, -0.05) is 17.7 Å². The van der Waals surface area contributed by atoms with E-state index in [1.165, 1.54) is 24.5 Å². The Morgan fingerprint density at radius 3 is 2.74 bits per heavy atom. The number of ether oxygens (including phenoxy) is 1. The smallest absolute Gasteiger partial charge is 0.326 e. The van der Waals surface area contributed by atoms with Crippen molar-refractivity contribution in [3.05, 3.63) is 45.6 Å². The van der Waals surface area contributed by atoms with E-state index in [4.69, 9.17) is 16.3 Å². The lowest BCUT2D eigenvalue weighted by atomic mass is 10.3. The zero-order valence-electron chi connectivity index (χ0n) is 18.8. The van der Waals surface area contributed by atoms with Crippen LogP contribution in [0.1, 0.15) is 16.1 Å². The van der Waals surface area contributed by atoms with Gasteiger partial charge in [0, 0.05) is 42.4 Å². The first kappa shape index (κ1) is 27.6. The summed E-state index contributed by atoms with van der Waals surface area (Å²) in [6.45, 7) is 0.440. The Kier molecular flexibility index (Phi) is 9.67. The van der Waals surface area contributed by atoms with Crippen LogP contribution in [0.15, 0.2) is 41.3 Å². The number of amides is 1. The largest absolute Gasteiger partial charge is 0.463 e. The lowest BCUT2D eigenvalue weighted by Crippen LogP contribution is -2.49. The van der Waals surface area contributed by atoms with Crippen LogP contribution in [0.4, 0.5) is 5.69 Å². The van der Waals surface area contributed by atoms with Gasteiger partial charge in [0.1, 0.15) is 12.6 Å². The topological polar surface area (TPSA) is 142 Å². The Hall–Kier alpha value is -2.03. The third-order valence-electron chi connectivity index (χ3n) is 5.12. The van der Waals surface area contributed by atoms with Crippen molar-refractivity contribution in [3.8, 4) is 0 Å². The van der Waals surface area contributed by atoms with Gasteiger partial charge in [0.15, 0.2) is 0 Å². The van der Waals surface area contributed by atoms with Crippen LogP contribution in [0.5, 0.6) is 0 Å². The Bertz CT molecular complexity index is 1190. The van der Waals surface area contributed by atoms with Gasteiger partial charge in [-0.2, -0.15) is 4.72 Å². The highest BCUT2D eigenvalue weighted by Crippen LogP contribution is 2.24. The van der Waals surface area contributed by atoms with Gasteiger partial charge < -0.3 is 20.1 Å². The van der Waals surface area contributed by atoms with Gasteiger partial charge in [0.05, 0.1) is 26.0 Å². The molecule has 1 aromatic carbocycles. The number of thiophene rings is 1. The van der Waals surface area contributed by atoms with Crippen molar-refractivity contribution in [2.24, 2.45) is 0 Å². The number of anilines is 1. The molecular weight excluding hydrogens is 538 g/mol. The number of sulfonamides is 1. The fourth-order valence-corrected chi connectivity index (χ4v) is 5.83. The maximum Gasteiger partial charge on any atom is 0.326 e. The van der Waals surface area contributed by atoms with Gasteiger partial charge in [0.2, 0.25) is 10.0 Å². The fourth-order valence-electron chi connectivity index (χ4n) is 3.33. The fraction of sp³-hybridized carbons (Fsp3) is 0.429. The van der Waals surface area contributed by atoms with E-state index in [-0.39, 0.29) is 23.8 Å². The van der Waals surface area contributed by atoms with E-state index >= 15 is 0 Å². The van der Waals surface area contributed by atoms with Crippen LogP contribution >= 0.6 is 22.9 Å². The highest BCUT2D eigenvalue weighted by molar-refractivity contribution is 7.89. The summed E-state index contributed by atoms with van der Waals surface area (Å²) in [6.07, 6.45) is 1.56. The summed E-state index contributed by atoms with van der Waals surface area (Å²) in [5.41, 5.74) is 0.622. The van der Waals surface area contributed by atoms with E-state index < -0.39 is 44.8 Å². The number of halogens is 1. The van der Waals surface area contributed by atoms with Crippen LogP contribution in [0, 0.1) is 0 Å². The zero-order valence-corrected chi connectivity index (χ0v) is 22.0. The molecule has 0 radical (unpaired) electrons. The van der Waals surface area contributed by atoms with Gasteiger partial charge in [-0.05, 0) is 36.8 Å². The summed E-state index contributed by atoms with van der Waals surface area (Å²) in [7, 11) is -5.39. The molecule has 14 heteroatoms. The van der Waals surface area contributed by atoms with Gasteiger partial charge in [0.25, 0.3) is 5.91 Å². The molecule has 2 heterocycles. The minimum Gasteiger partial charge on any atom is -0.463 e. The van der Waals surface area contributed by atoms with E-state index in [1.54, 1.807) is 18.2 Å². The number of benzene rings is 1. The highest BCUT2D eigenvalue weighted by Gasteiger charge is 2.29. The van der Waals surface area contributed by atoms with Crippen LogP contribution < -0.4 is 14.9 Å². The number of aliphatic hydroxyl groups is 1. The second-order valence-corrected chi connectivity index (χ2v) is 12.8. The van der Waals surface area contributed by atoms with Gasteiger partial charge >= 0.3 is 5.97 Å². The highest BCUT2D eigenvalue weighted by atomic mass is 35.5. The number of rotatable bonds is 11. The maximum atomic E-state index is 13.1. The summed E-state index contributed by atoms with van der Waals surface area (Å²) in [5, 5.41) is 12.3. The molecule has 0 saturated carbocycles. The molecule has 0 bridgehead atoms. The maximum absolute atomic E-state index is 13.1. The van der Waals surface area contributed by atoms with Crippen molar-refractivity contribution in [1.82, 2.24) is 10.0 Å². The van der Waals surface area contributed by atoms with Crippen LogP contribution in [-0.4, -0.2) is 80.0 Å². The van der Waals surface area contributed by atoms with Crippen molar-refractivity contribution >= 4 is 61.3 Å². The normalized spacial score (nSPS) is 17.7. The minimum atomic E-state index is -4.19. The molecule has 3 N–H and O–H groups in total. The molecule has 35 heavy (non-hydrogen) atoms. The first-order valence-electron chi connectivity index (χ1n) is 10.6. The number of hydrogen-bond acceptors (Lipinski definition) is 9. The molecule has 0 spiro atoms. The SMILES string of the molecule is C[S@](=O)CCOC(=O)[C@H](CNC(=O)c1ccc(Cl)s1)NS(=O)(=O)c1cccc(N2CC[C@H](O)C2)c1. The van der Waals surface area contributed by atoms with Crippen LogP contribution in [-0.2, 0) is 30.4 Å². The molecular formula is C21H26ClN3O7S3. The van der Waals surface area contributed by atoms with E-state index in [2.05, 4.69) is 10.0 Å². The Morgan fingerprint density at radius 2 is 2.11 bits per heavy atom. The quantitative estimate of drug-likeness (QED) is 0.343. The summed E-state index contributed by atoms with van der Waals surface area (Å²) in [4.78, 5) is 27.1. The molecule has 10 nitrogen and oxygen atoms in total. The third-order valence-corrected chi connectivity index (χ3v) is 8.56. The predicted molar refractivity (Wildman–Crippen MR) is 135 cm³/mol. The second-order valence-electron chi connectivity index (χ2n) is 7.82. The number of esters is 1. The molecule has 0 unspecified atom stereocenters. The Morgan fingerprint density at radius 1 is 1.34 bits per heavy atom. The molecule has 2 aromatic rings. The molecule has 192 valence electrons. The van der Waals surface area contributed by atoms with Crippen molar-refractivity contribution < 1.29 is 32.1 Å². The van der Waals surface area contributed by atoms with Crippen molar-refractivity contribution in [2.75, 3.05) is 43.1 Å². The second kappa shape index (κ2) is 12.3. The van der Waals surface area contributed by atoms with Crippen molar-refractivity contribution in [1.29, 1.82) is 0 Å². The lowest BCUT2D eigenvalue weighted by Gasteiger charge is -2.20. The molecule has 3 atom stereocenters. The summed E-state index contributed by atoms with van der Waals surface area (Å²) in [5.74, 6) is -1.35. The molecule has 1 fully saturated rings. The van der Waals surface area contributed by atoms with E-state index in [0.29, 0.717) is 34.4 Å². The van der Waals surface area contributed by atoms with Crippen LogP contribution in [0.2, 0.25) is 4.34 Å². The minimum absolute atomic E-state index is 0.0831. The van der Waals surface area contributed by atoms with Crippen LogP contribution in [0.25, 0.3) is 0 Å². The number of aliphatic hydroxyl groups excluding tert-OH is 1. The van der Waals surface area contributed by atoms with E-state index in [9.17, 15) is 27.3 Å². The Balaban J connectivity index is 1.75. The summed E-state index contributed by atoms with van der Waals surface area (Å²) < 4.78 is 45.3. The van der Waals surface area contributed by atoms with E-state index in [0.717, 1.165) is 11.3 Å². The number of nitrogens with one attached hydrogen (secondary N) is 2. The molecule has 0 aliphatic carbocycles. The first-order valence-corrected chi connectivity index (χ1v) is 15.0. The number of β-amino-alcohol motifs (C(OH)–C–C–N with tert-alkyl or cyclic N) is 1. The molecule has 3 rings (SSSR count). The predicted octanol–water partition coefficient (Wildman–Crippen LogP) is 0.971. The monoisotopic (exact) mass is 563 g/mol. The number of carbonyl (C=O) groups is 2. The average molecular weight is 564 g/mol. The number of carbonyl (C=O) groups excluding carboxylic acids is 2. The lowest BCUT2D eigenvalue weighted by molar-refractivity contribution is -0.144.